The van der Waals surface area contributed by atoms with Gasteiger partial charge >= 0.3 is 0 Å². The summed E-state index contributed by atoms with van der Waals surface area (Å²) in [6.45, 7) is 9.73. The smallest absolute Gasteiger partial charge is 0.226 e. The van der Waals surface area contributed by atoms with Gasteiger partial charge in [0.1, 0.15) is 0 Å². The van der Waals surface area contributed by atoms with Gasteiger partial charge in [-0.05, 0) is 25.8 Å². The Hall–Kier alpha value is -2.38. The van der Waals surface area contributed by atoms with Gasteiger partial charge in [0.2, 0.25) is 11.8 Å². The van der Waals surface area contributed by atoms with Crippen LogP contribution in [0.5, 0.6) is 5.88 Å². The highest BCUT2D eigenvalue weighted by Crippen LogP contribution is 2.39. The Morgan fingerprint density at radius 1 is 1.16 bits per heavy atom. The standard InChI is InChI=1S/C26H34N6O4S2/c1-17-21(15-31-7-5-27-6-8-31)23-24(37-17)22(29-26(30-23)32-9-11-36-12-10-32)18-13-19(25(35-2)28-14-18)16-38(33,34)20-3-4-20/h13-14,20,27H,3-12,15-16H2,1-2H3. The molecule has 2 saturated heterocycles. The van der Waals surface area contributed by atoms with Crippen molar-refractivity contribution in [3.8, 4) is 17.1 Å². The van der Waals surface area contributed by atoms with Crippen LogP contribution in [0.4, 0.5) is 5.95 Å². The van der Waals surface area contributed by atoms with Crippen molar-refractivity contribution in [2.24, 2.45) is 0 Å². The number of fused-ring (bicyclic) bond motifs is 1. The number of nitrogens with one attached hydrogen (secondary N) is 1. The Bertz CT molecular complexity index is 1430. The summed E-state index contributed by atoms with van der Waals surface area (Å²) in [6.07, 6.45) is 3.21. The number of pyridine rings is 1. The number of anilines is 1. The molecule has 1 saturated carbocycles. The first-order chi connectivity index (χ1) is 18.4. The second-order valence-corrected chi connectivity index (χ2v) is 13.7. The van der Waals surface area contributed by atoms with Crippen LogP contribution in [-0.2, 0) is 26.9 Å². The van der Waals surface area contributed by atoms with Crippen LogP contribution < -0.4 is 15.0 Å². The number of methoxy groups -OCH3 is 1. The maximum absolute atomic E-state index is 12.9. The summed E-state index contributed by atoms with van der Waals surface area (Å²) in [7, 11) is -1.71. The fraction of sp³-hybridized carbons (Fsp3) is 0.577. The molecule has 3 fully saturated rings. The summed E-state index contributed by atoms with van der Waals surface area (Å²) in [5.74, 6) is 0.945. The van der Waals surface area contributed by atoms with E-state index in [2.05, 4.69) is 27.0 Å². The van der Waals surface area contributed by atoms with Gasteiger partial charge in [-0.15, -0.1) is 11.3 Å². The molecule has 0 unspecified atom stereocenters. The van der Waals surface area contributed by atoms with Crippen molar-refractivity contribution in [2.75, 3.05) is 64.5 Å². The lowest BCUT2D eigenvalue weighted by molar-refractivity contribution is 0.122. The van der Waals surface area contributed by atoms with Crippen LogP contribution in [0.1, 0.15) is 28.8 Å². The second kappa shape index (κ2) is 10.6. The highest BCUT2D eigenvalue weighted by Gasteiger charge is 2.36. The fourth-order valence-corrected chi connectivity index (χ4v) is 8.02. The minimum absolute atomic E-state index is 0.0794. The molecule has 6 rings (SSSR count). The van der Waals surface area contributed by atoms with E-state index in [0.29, 0.717) is 30.6 Å². The summed E-state index contributed by atoms with van der Waals surface area (Å²) in [5.41, 5.74) is 4.36. The quantitative estimate of drug-likeness (QED) is 0.443. The number of sulfone groups is 1. The maximum atomic E-state index is 12.9. The highest BCUT2D eigenvalue weighted by molar-refractivity contribution is 7.91. The summed E-state index contributed by atoms with van der Waals surface area (Å²) in [6, 6.07) is 1.89. The van der Waals surface area contributed by atoms with Gasteiger partial charge in [-0.2, -0.15) is 0 Å². The zero-order valence-corrected chi connectivity index (χ0v) is 23.5. The number of aryl methyl sites for hydroxylation is 1. The topological polar surface area (TPSA) is 110 Å². The Balaban J connectivity index is 1.46. The molecule has 0 atom stereocenters. The van der Waals surface area contributed by atoms with Crippen LogP contribution in [-0.4, -0.2) is 93.1 Å². The number of thiophene rings is 1. The molecule has 3 aromatic heterocycles. The van der Waals surface area contributed by atoms with Crippen LogP contribution in [0.2, 0.25) is 0 Å². The summed E-state index contributed by atoms with van der Waals surface area (Å²) >= 11 is 1.70. The van der Waals surface area contributed by atoms with Crippen LogP contribution in [0.3, 0.4) is 0 Å². The molecule has 0 radical (unpaired) electrons. The summed E-state index contributed by atoms with van der Waals surface area (Å²) in [5, 5.41) is 3.18. The Labute approximate surface area is 227 Å². The van der Waals surface area contributed by atoms with Crippen molar-refractivity contribution in [1.29, 1.82) is 0 Å². The molecule has 1 N–H and O–H groups in total. The number of hydrogen-bond donors (Lipinski definition) is 1. The van der Waals surface area contributed by atoms with Gasteiger partial charge in [0.25, 0.3) is 0 Å². The highest BCUT2D eigenvalue weighted by atomic mass is 32.2. The van der Waals surface area contributed by atoms with Gasteiger partial charge in [0.15, 0.2) is 9.84 Å². The number of morpholine rings is 1. The van der Waals surface area contributed by atoms with Crippen LogP contribution >= 0.6 is 11.3 Å². The summed E-state index contributed by atoms with van der Waals surface area (Å²) < 4.78 is 37.7. The molecular formula is C26H34N6O4S2. The normalized spacial score (nSPS) is 19.3. The van der Waals surface area contributed by atoms with Gasteiger partial charge in [-0.3, -0.25) is 4.90 Å². The van der Waals surface area contributed by atoms with Crippen LogP contribution in [0, 0.1) is 6.92 Å². The first-order valence-corrected chi connectivity index (χ1v) is 15.8. The molecule has 1 aliphatic carbocycles. The van der Waals surface area contributed by atoms with Gasteiger partial charge < -0.3 is 19.7 Å². The lowest BCUT2D eigenvalue weighted by atomic mass is 10.1. The molecule has 0 amide bonds. The number of nitrogens with zero attached hydrogens (tertiary/aromatic N) is 5. The molecule has 0 aromatic carbocycles. The van der Waals surface area contributed by atoms with E-state index in [1.165, 1.54) is 17.6 Å². The van der Waals surface area contributed by atoms with Crippen molar-refractivity contribution in [2.45, 2.75) is 37.3 Å². The Kier molecular flexibility index (Phi) is 7.25. The first-order valence-electron chi connectivity index (χ1n) is 13.2. The van der Waals surface area contributed by atoms with Crippen LogP contribution in [0.25, 0.3) is 21.5 Å². The molecule has 0 spiro atoms. The van der Waals surface area contributed by atoms with Gasteiger partial charge in [-0.1, -0.05) is 0 Å². The molecule has 3 aliphatic rings. The fourth-order valence-electron chi connectivity index (χ4n) is 5.18. The largest absolute Gasteiger partial charge is 0.481 e. The van der Waals surface area contributed by atoms with Crippen molar-refractivity contribution in [1.82, 2.24) is 25.2 Å². The first kappa shape index (κ1) is 25.9. The van der Waals surface area contributed by atoms with Crippen molar-refractivity contribution in [3.05, 3.63) is 28.3 Å². The van der Waals surface area contributed by atoms with E-state index >= 15 is 0 Å². The third kappa shape index (κ3) is 5.24. The average molecular weight is 559 g/mol. The molecular weight excluding hydrogens is 524 g/mol. The van der Waals surface area contributed by atoms with E-state index in [-0.39, 0.29) is 11.0 Å². The van der Waals surface area contributed by atoms with E-state index in [1.807, 2.05) is 6.07 Å². The third-order valence-electron chi connectivity index (χ3n) is 7.49. The van der Waals surface area contributed by atoms with Crippen molar-refractivity contribution >= 4 is 37.3 Å². The minimum atomic E-state index is -3.24. The van der Waals surface area contributed by atoms with Crippen LogP contribution in [0.15, 0.2) is 12.3 Å². The van der Waals surface area contributed by atoms with Crippen molar-refractivity contribution < 1.29 is 17.9 Å². The zero-order valence-electron chi connectivity index (χ0n) is 21.9. The molecule has 5 heterocycles. The van der Waals surface area contributed by atoms with E-state index in [1.54, 1.807) is 17.5 Å². The van der Waals surface area contributed by atoms with Gasteiger partial charge in [0, 0.05) is 73.6 Å². The number of rotatable bonds is 8. The minimum Gasteiger partial charge on any atom is -0.481 e. The SMILES string of the molecule is COc1ncc(-c2nc(N3CCOCC3)nc3c(CN4CCNCC4)c(C)sc23)cc1CS(=O)(=O)C1CC1. The predicted octanol–water partition coefficient (Wildman–Crippen LogP) is 2.39. The van der Waals surface area contributed by atoms with E-state index < -0.39 is 9.84 Å². The zero-order chi connectivity index (χ0) is 26.3. The average Bonchev–Trinajstić information content (AvgIpc) is 3.75. The Morgan fingerprint density at radius 2 is 1.92 bits per heavy atom. The monoisotopic (exact) mass is 558 g/mol. The van der Waals surface area contributed by atoms with Crippen molar-refractivity contribution in [3.63, 3.8) is 0 Å². The molecule has 3 aromatic rings. The number of piperazine rings is 1. The molecule has 38 heavy (non-hydrogen) atoms. The second-order valence-electron chi connectivity index (χ2n) is 10.2. The lowest BCUT2D eigenvalue weighted by Crippen LogP contribution is -2.43. The van der Waals surface area contributed by atoms with E-state index in [0.717, 1.165) is 80.1 Å². The number of hydrogen-bond acceptors (Lipinski definition) is 11. The summed E-state index contributed by atoms with van der Waals surface area (Å²) in [4.78, 5) is 20.5. The third-order valence-corrected chi connectivity index (χ3v) is 10.8. The van der Waals surface area contributed by atoms with E-state index in [4.69, 9.17) is 19.4 Å². The molecule has 204 valence electrons. The maximum Gasteiger partial charge on any atom is 0.226 e. The molecule has 12 heteroatoms. The molecule has 10 nitrogen and oxygen atoms in total. The van der Waals surface area contributed by atoms with E-state index in [9.17, 15) is 8.42 Å². The van der Waals surface area contributed by atoms with Gasteiger partial charge in [0.05, 0.1) is 47.2 Å². The number of aromatic nitrogens is 3. The molecule has 2 aliphatic heterocycles. The number of ether oxygens (including phenoxy) is 2. The Morgan fingerprint density at radius 3 is 2.63 bits per heavy atom. The molecule has 0 bridgehead atoms. The predicted molar refractivity (Wildman–Crippen MR) is 149 cm³/mol. The lowest BCUT2D eigenvalue weighted by Gasteiger charge is -2.28. The van der Waals surface area contributed by atoms with Gasteiger partial charge in [-0.25, -0.2) is 23.4 Å².